The third-order valence-electron chi connectivity index (χ3n) is 3.78. The molecule has 1 aromatic carbocycles. The molecule has 0 atom stereocenters. The lowest BCUT2D eigenvalue weighted by molar-refractivity contribution is 0.0339. The van der Waals surface area contributed by atoms with E-state index in [-0.39, 0.29) is 19.2 Å². The van der Waals surface area contributed by atoms with E-state index in [0.29, 0.717) is 24.5 Å². The van der Waals surface area contributed by atoms with Crippen molar-refractivity contribution in [2.24, 2.45) is 0 Å². The van der Waals surface area contributed by atoms with E-state index in [9.17, 15) is 4.79 Å². The average molecular weight is 338 g/mol. The van der Waals surface area contributed by atoms with Gasteiger partial charge in [0, 0.05) is 12.0 Å². The number of nitrogens with zero attached hydrogens (tertiary/aromatic N) is 2. The minimum Gasteiger partial charge on any atom is -0.477 e. The average Bonchev–Trinajstić information content (AvgIpc) is 2.97. The van der Waals surface area contributed by atoms with Crippen LogP contribution in [0.15, 0.2) is 42.6 Å². The number of nitriles is 1. The number of esters is 1. The number of carbonyl (C=O) groups excluding carboxylic acids is 1. The molecule has 0 radical (unpaired) electrons. The smallest absolute Gasteiger partial charge is 0.341 e. The molecular formula is C19H18N2O4. The lowest BCUT2D eigenvalue weighted by atomic mass is 10.1. The Kier molecular flexibility index (Phi) is 5.17. The monoisotopic (exact) mass is 338 g/mol. The summed E-state index contributed by atoms with van der Waals surface area (Å²) >= 11 is 0. The molecule has 0 saturated heterocycles. The highest BCUT2D eigenvalue weighted by Gasteiger charge is 2.19. The van der Waals surface area contributed by atoms with Crippen LogP contribution >= 0.6 is 0 Å². The van der Waals surface area contributed by atoms with Gasteiger partial charge in [-0.1, -0.05) is 18.2 Å². The zero-order valence-corrected chi connectivity index (χ0v) is 13.9. The van der Waals surface area contributed by atoms with Crippen LogP contribution in [0.3, 0.4) is 0 Å². The second-order valence-electron chi connectivity index (χ2n) is 5.29. The van der Waals surface area contributed by atoms with Gasteiger partial charge in [-0.25, -0.2) is 4.79 Å². The first-order chi connectivity index (χ1) is 12.3. The van der Waals surface area contributed by atoms with Gasteiger partial charge < -0.3 is 18.6 Å². The van der Waals surface area contributed by atoms with Gasteiger partial charge in [0.25, 0.3) is 0 Å². The number of pyridine rings is 1. The van der Waals surface area contributed by atoms with Gasteiger partial charge in [0.15, 0.2) is 6.61 Å². The fourth-order valence-electron chi connectivity index (χ4n) is 2.74. The van der Waals surface area contributed by atoms with E-state index in [0.717, 1.165) is 16.4 Å². The van der Waals surface area contributed by atoms with E-state index in [4.69, 9.17) is 19.5 Å². The number of hydrogen-bond acceptors (Lipinski definition) is 5. The lowest BCUT2D eigenvalue weighted by Crippen LogP contribution is -2.11. The molecular weight excluding hydrogens is 320 g/mol. The molecule has 0 spiro atoms. The maximum atomic E-state index is 12.6. The number of carbonyl (C=O) groups is 1. The molecule has 0 unspecified atom stereocenters. The maximum Gasteiger partial charge on any atom is 0.341 e. The van der Waals surface area contributed by atoms with Gasteiger partial charge in [-0.05, 0) is 25.1 Å². The molecule has 0 aliphatic carbocycles. The van der Waals surface area contributed by atoms with E-state index < -0.39 is 0 Å². The van der Waals surface area contributed by atoms with Crippen molar-refractivity contribution >= 4 is 22.4 Å². The molecule has 0 aliphatic rings. The second-order valence-corrected chi connectivity index (χ2v) is 5.29. The first-order valence-corrected chi connectivity index (χ1v) is 8.03. The van der Waals surface area contributed by atoms with Crippen LogP contribution in [0.2, 0.25) is 0 Å². The summed E-state index contributed by atoms with van der Waals surface area (Å²) in [6.45, 7) is 3.03. The van der Waals surface area contributed by atoms with Gasteiger partial charge in [-0.3, -0.25) is 0 Å². The van der Waals surface area contributed by atoms with E-state index in [1.54, 1.807) is 18.3 Å². The molecule has 3 rings (SSSR count). The first kappa shape index (κ1) is 16.8. The minimum atomic E-state index is -0.385. The van der Waals surface area contributed by atoms with E-state index in [1.165, 1.54) is 0 Å². The summed E-state index contributed by atoms with van der Waals surface area (Å²) in [6, 6.07) is 13.1. The normalized spacial score (nSPS) is 10.7. The summed E-state index contributed by atoms with van der Waals surface area (Å²) in [5, 5.41) is 9.46. The van der Waals surface area contributed by atoms with Crippen LogP contribution in [-0.2, 0) is 9.47 Å². The number of hydrogen-bond donors (Lipinski definition) is 0. The highest BCUT2D eigenvalue weighted by Crippen LogP contribution is 2.29. The maximum absolute atomic E-state index is 12.6. The molecule has 6 nitrogen and oxygen atoms in total. The Morgan fingerprint density at radius 2 is 2.00 bits per heavy atom. The first-order valence-electron chi connectivity index (χ1n) is 8.03. The van der Waals surface area contributed by atoms with Crippen LogP contribution in [0, 0.1) is 11.3 Å². The molecule has 0 amide bonds. The minimum absolute atomic E-state index is 0.0307. The molecule has 0 fully saturated rings. The fraction of sp³-hybridized carbons (Fsp3) is 0.263. The standard InChI is InChI=1S/C19H18N2O4/c1-2-23-11-12-25-19(22)18-15-5-3-4-6-16(15)21-13-14(24-10-9-20)7-8-17(18)21/h3-8,13H,2,10-12H2,1H3. The van der Waals surface area contributed by atoms with Crippen LogP contribution in [-0.4, -0.2) is 36.8 Å². The van der Waals surface area contributed by atoms with Crippen molar-refractivity contribution < 1.29 is 19.0 Å². The summed E-state index contributed by atoms with van der Waals surface area (Å²) in [5.41, 5.74) is 2.11. The van der Waals surface area contributed by atoms with Crippen molar-refractivity contribution in [1.82, 2.24) is 4.40 Å². The van der Waals surface area contributed by atoms with Crippen LogP contribution in [0.25, 0.3) is 16.4 Å². The number of ether oxygens (including phenoxy) is 3. The van der Waals surface area contributed by atoms with E-state index in [1.807, 2.05) is 41.7 Å². The summed E-state index contributed by atoms with van der Waals surface area (Å²) in [7, 11) is 0. The van der Waals surface area contributed by atoms with Crippen molar-refractivity contribution in [3.05, 3.63) is 48.2 Å². The number of rotatable bonds is 7. The van der Waals surface area contributed by atoms with Crippen LogP contribution < -0.4 is 4.74 Å². The van der Waals surface area contributed by atoms with Gasteiger partial charge in [0.2, 0.25) is 0 Å². The molecule has 0 N–H and O–H groups in total. The Hall–Kier alpha value is -3.04. The van der Waals surface area contributed by atoms with Gasteiger partial charge in [0.05, 0.1) is 29.4 Å². The third-order valence-corrected chi connectivity index (χ3v) is 3.78. The summed E-state index contributed by atoms with van der Waals surface area (Å²) in [5.74, 6) is 0.176. The Labute approximate surface area is 145 Å². The van der Waals surface area contributed by atoms with E-state index >= 15 is 0 Å². The molecule has 6 heteroatoms. The zero-order chi connectivity index (χ0) is 17.6. The molecule has 2 aromatic heterocycles. The second kappa shape index (κ2) is 7.69. The third kappa shape index (κ3) is 3.42. The van der Waals surface area contributed by atoms with Crippen molar-refractivity contribution in [2.75, 3.05) is 26.4 Å². The van der Waals surface area contributed by atoms with Crippen LogP contribution in [0.1, 0.15) is 17.3 Å². The number of aromatic nitrogens is 1. The predicted molar refractivity (Wildman–Crippen MR) is 92.8 cm³/mol. The quantitative estimate of drug-likeness (QED) is 0.489. The zero-order valence-electron chi connectivity index (χ0n) is 13.9. The fourth-order valence-corrected chi connectivity index (χ4v) is 2.74. The van der Waals surface area contributed by atoms with Crippen molar-refractivity contribution in [3.63, 3.8) is 0 Å². The summed E-state index contributed by atoms with van der Waals surface area (Å²) < 4.78 is 17.8. The van der Waals surface area contributed by atoms with Gasteiger partial charge in [-0.15, -0.1) is 0 Å². The molecule has 3 aromatic rings. The largest absolute Gasteiger partial charge is 0.477 e. The molecule has 128 valence electrons. The summed E-state index contributed by atoms with van der Waals surface area (Å²) in [4.78, 5) is 12.6. The predicted octanol–water partition coefficient (Wildman–Crippen LogP) is 3.19. The Balaban J connectivity index is 2.01. The van der Waals surface area contributed by atoms with Crippen LogP contribution in [0.4, 0.5) is 0 Å². The number of benzene rings is 1. The molecule has 0 saturated carbocycles. The topological polar surface area (TPSA) is 73.0 Å². The Bertz CT molecular complexity index is 940. The Morgan fingerprint density at radius 1 is 1.16 bits per heavy atom. The van der Waals surface area contributed by atoms with Gasteiger partial charge >= 0.3 is 5.97 Å². The Morgan fingerprint density at radius 3 is 2.80 bits per heavy atom. The highest BCUT2D eigenvalue weighted by molar-refractivity contribution is 6.11. The van der Waals surface area contributed by atoms with Crippen molar-refractivity contribution in [3.8, 4) is 11.8 Å². The number of fused-ring (bicyclic) bond motifs is 3. The van der Waals surface area contributed by atoms with Crippen molar-refractivity contribution in [2.45, 2.75) is 6.92 Å². The molecule has 0 aliphatic heterocycles. The molecule has 0 bridgehead atoms. The molecule has 25 heavy (non-hydrogen) atoms. The van der Waals surface area contributed by atoms with Gasteiger partial charge in [-0.2, -0.15) is 5.26 Å². The highest BCUT2D eigenvalue weighted by atomic mass is 16.6. The van der Waals surface area contributed by atoms with Gasteiger partial charge in [0.1, 0.15) is 18.4 Å². The SMILES string of the molecule is CCOCCOC(=O)c1c2ccccc2n2cc(OCC#N)ccc12. The van der Waals surface area contributed by atoms with E-state index in [2.05, 4.69) is 0 Å². The lowest BCUT2D eigenvalue weighted by Gasteiger charge is -2.06. The summed E-state index contributed by atoms with van der Waals surface area (Å²) in [6.07, 6.45) is 1.77. The van der Waals surface area contributed by atoms with Crippen LogP contribution in [0.5, 0.6) is 5.75 Å². The van der Waals surface area contributed by atoms with Crippen molar-refractivity contribution in [1.29, 1.82) is 5.26 Å². The number of para-hydroxylation sites is 1. The molecule has 2 heterocycles.